The van der Waals surface area contributed by atoms with E-state index in [2.05, 4.69) is 15.7 Å². The first-order valence-electron chi connectivity index (χ1n) is 8.53. The normalized spacial score (nSPS) is 10.6. The molecule has 0 radical (unpaired) electrons. The second kappa shape index (κ2) is 9.86. The summed E-state index contributed by atoms with van der Waals surface area (Å²) in [5, 5.41) is 9.82. The van der Waals surface area contributed by atoms with Crippen molar-refractivity contribution in [1.29, 1.82) is 0 Å². The van der Waals surface area contributed by atoms with E-state index < -0.39 is 11.9 Å². The number of nitrogens with one attached hydrogen (secondary N) is 2. The smallest absolute Gasteiger partial charge is 0.343 e. The van der Waals surface area contributed by atoms with Gasteiger partial charge in [-0.3, -0.25) is 19.2 Å². The third kappa shape index (κ3) is 6.07. The molecule has 0 saturated heterocycles. The van der Waals surface area contributed by atoms with Crippen LogP contribution in [0.4, 0.5) is 11.5 Å². The molecule has 1 aromatic carbocycles. The van der Waals surface area contributed by atoms with E-state index in [4.69, 9.17) is 16.3 Å². The molecule has 0 bridgehead atoms. The Kier molecular flexibility index (Phi) is 7.53. The van der Waals surface area contributed by atoms with Crippen LogP contribution in [0, 0.1) is 0 Å². The number of aromatic nitrogens is 2. The van der Waals surface area contributed by atoms with Crippen molar-refractivity contribution < 1.29 is 19.1 Å². The van der Waals surface area contributed by atoms with Crippen LogP contribution >= 0.6 is 11.6 Å². The van der Waals surface area contributed by atoms with Crippen molar-refractivity contribution in [3.63, 3.8) is 0 Å². The fourth-order valence-corrected chi connectivity index (χ4v) is 2.62. The van der Waals surface area contributed by atoms with Crippen molar-refractivity contribution in [1.82, 2.24) is 14.7 Å². The zero-order valence-electron chi connectivity index (χ0n) is 15.9. The first-order valence-corrected chi connectivity index (χ1v) is 8.91. The van der Waals surface area contributed by atoms with Gasteiger partial charge in [0.25, 0.3) is 0 Å². The van der Waals surface area contributed by atoms with E-state index in [9.17, 15) is 14.4 Å². The summed E-state index contributed by atoms with van der Waals surface area (Å²) in [6.07, 6.45) is 1.33. The number of carbonyl (C=O) groups excluding carboxylic acids is 3. The number of amides is 2. The molecule has 1 aromatic heterocycles. The maximum absolute atomic E-state index is 12.3. The summed E-state index contributed by atoms with van der Waals surface area (Å²) in [6.45, 7) is 1.84. The number of benzene rings is 1. The molecule has 10 heteroatoms. The highest BCUT2D eigenvalue weighted by molar-refractivity contribution is 6.30. The third-order valence-electron chi connectivity index (χ3n) is 3.63. The number of esters is 1. The van der Waals surface area contributed by atoms with Crippen LogP contribution in [0.1, 0.15) is 17.3 Å². The van der Waals surface area contributed by atoms with Gasteiger partial charge in [0.05, 0.1) is 25.9 Å². The van der Waals surface area contributed by atoms with Gasteiger partial charge < -0.3 is 15.4 Å². The molecule has 0 spiro atoms. The quantitative estimate of drug-likeness (QED) is 0.646. The first kappa shape index (κ1) is 21.4. The number of aryl methyl sites for hydroxylation is 1. The van der Waals surface area contributed by atoms with Crippen LogP contribution in [0.25, 0.3) is 0 Å². The number of anilines is 2. The topological polar surface area (TPSA) is 106 Å². The van der Waals surface area contributed by atoms with E-state index in [1.54, 1.807) is 45.3 Å². The van der Waals surface area contributed by atoms with Gasteiger partial charge in [-0.15, -0.1) is 0 Å². The third-order valence-corrected chi connectivity index (χ3v) is 3.86. The highest BCUT2D eigenvalue weighted by Crippen LogP contribution is 2.16. The molecule has 0 fully saturated rings. The summed E-state index contributed by atoms with van der Waals surface area (Å²) in [4.78, 5) is 37.9. The number of hydrogen-bond donors (Lipinski definition) is 2. The number of hydrogen-bond acceptors (Lipinski definition) is 6. The minimum absolute atomic E-state index is 0.00391. The van der Waals surface area contributed by atoms with E-state index in [1.165, 1.54) is 15.8 Å². The summed E-state index contributed by atoms with van der Waals surface area (Å²) in [6, 6.07) is 6.78. The van der Waals surface area contributed by atoms with Crippen molar-refractivity contribution in [3.05, 3.63) is 41.0 Å². The summed E-state index contributed by atoms with van der Waals surface area (Å²) in [7, 11) is 3.23. The first-order chi connectivity index (χ1) is 13.3. The highest BCUT2D eigenvalue weighted by atomic mass is 35.5. The van der Waals surface area contributed by atoms with Gasteiger partial charge >= 0.3 is 5.97 Å². The van der Waals surface area contributed by atoms with E-state index >= 15 is 0 Å². The Labute approximate surface area is 167 Å². The van der Waals surface area contributed by atoms with E-state index in [0.717, 1.165) is 0 Å². The summed E-state index contributed by atoms with van der Waals surface area (Å²) < 4.78 is 6.32. The van der Waals surface area contributed by atoms with Crippen molar-refractivity contribution in [2.45, 2.75) is 6.92 Å². The predicted octanol–water partition coefficient (Wildman–Crippen LogP) is 1.76. The number of likely N-dealkylation sites (N-methyl/N-ethyl adjacent to an activating group) is 1. The van der Waals surface area contributed by atoms with Crippen molar-refractivity contribution >= 4 is 40.9 Å². The molecule has 2 amide bonds. The van der Waals surface area contributed by atoms with Gasteiger partial charge in [0, 0.05) is 17.8 Å². The van der Waals surface area contributed by atoms with Crippen LogP contribution in [0.2, 0.25) is 5.02 Å². The molecule has 0 unspecified atom stereocenters. The second-order valence-corrected chi connectivity index (χ2v) is 6.47. The average molecular weight is 408 g/mol. The minimum Gasteiger partial charge on any atom is -0.462 e. The Bertz CT molecular complexity index is 867. The van der Waals surface area contributed by atoms with Gasteiger partial charge in [0.2, 0.25) is 11.8 Å². The van der Waals surface area contributed by atoms with E-state index in [1.807, 2.05) is 0 Å². The molecule has 0 aliphatic rings. The van der Waals surface area contributed by atoms with Crippen molar-refractivity contribution in [2.24, 2.45) is 7.05 Å². The Balaban J connectivity index is 1.90. The van der Waals surface area contributed by atoms with Gasteiger partial charge in [0.15, 0.2) is 0 Å². The average Bonchev–Trinajstić information content (AvgIpc) is 2.95. The summed E-state index contributed by atoms with van der Waals surface area (Å²) >= 11 is 5.88. The second-order valence-electron chi connectivity index (χ2n) is 6.03. The maximum Gasteiger partial charge on any atom is 0.343 e. The van der Waals surface area contributed by atoms with E-state index in [0.29, 0.717) is 10.7 Å². The molecular formula is C18H22ClN5O4. The predicted molar refractivity (Wildman–Crippen MR) is 105 cm³/mol. The van der Waals surface area contributed by atoms with Gasteiger partial charge in [-0.1, -0.05) is 17.7 Å². The summed E-state index contributed by atoms with van der Waals surface area (Å²) in [5.74, 6) is -1.02. The lowest BCUT2D eigenvalue weighted by molar-refractivity contribution is -0.119. The molecule has 0 aliphatic carbocycles. The fourth-order valence-electron chi connectivity index (χ4n) is 2.43. The van der Waals surface area contributed by atoms with Crippen LogP contribution in [-0.2, 0) is 21.4 Å². The van der Waals surface area contributed by atoms with Crippen LogP contribution < -0.4 is 10.6 Å². The minimum atomic E-state index is -0.569. The van der Waals surface area contributed by atoms with Gasteiger partial charge in [-0.25, -0.2) is 4.79 Å². The van der Waals surface area contributed by atoms with Crippen LogP contribution in [-0.4, -0.2) is 59.2 Å². The van der Waals surface area contributed by atoms with Crippen LogP contribution in [0.5, 0.6) is 0 Å². The zero-order valence-corrected chi connectivity index (χ0v) is 16.6. The zero-order chi connectivity index (χ0) is 20.7. The highest BCUT2D eigenvalue weighted by Gasteiger charge is 2.20. The molecule has 2 aromatic rings. The Morgan fingerprint density at radius 3 is 2.54 bits per heavy atom. The fraction of sp³-hybridized carbons (Fsp3) is 0.333. The van der Waals surface area contributed by atoms with Gasteiger partial charge in [-0.05, 0) is 32.2 Å². The van der Waals surface area contributed by atoms with Crippen molar-refractivity contribution in [3.8, 4) is 0 Å². The Hall–Kier alpha value is -2.91. The molecule has 150 valence electrons. The molecule has 2 N–H and O–H groups in total. The van der Waals surface area contributed by atoms with Crippen LogP contribution in [0.15, 0.2) is 30.5 Å². The number of halogens is 1. The van der Waals surface area contributed by atoms with E-state index in [-0.39, 0.29) is 37.0 Å². The lowest BCUT2D eigenvalue weighted by Gasteiger charge is -2.16. The Morgan fingerprint density at radius 2 is 1.89 bits per heavy atom. The number of rotatable bonds is 8. The molecule has 1 heterocycles. The summed E-state index contributed by atoms with van der Waals surface area (Å²) in [5.41, 5.74) is 0.739. The molecule has 0 atom stereocenters. The molecular weight excluding hydrogens is 386 g/mol. The molecule has 0 saturated carbocycles. The van der Waals surface area contributed by atoms with Gasteiger partial charge in [-0.2, -0.15) is 5.10 Å². The van der Waals surface area contributed by atoms with Crippen molar-refractivity contribution in [2.75, 3.05) is 37.4 Å². The Morgan fingerprint density at radius 1 is 1.21 bits per heavy atom. The number of carbonyl (C=O) groups is 3. The maximum atomic E-state index is 12.3. The molecule has 0 aliphatic heterocycles. The molecule has 9 nitrogen and oxygen atoms in total. The standard InChI is InChI=1S/C18H22ClN5O4/c1-4-28-18(27)14-9-20-24(3)17(14)22-16(26)11-23(2)10-15(25)21-13-7-5-6-12(19)8-13/h5-9H,4,10-11H2,1-3H3,(H,21,25)(H,22,26). The van der Waals surface area contributed by atoms with Crippen LogP contribution in [0.3, 0.4) is 0 Å². The lowest BCUT2D eigenvalue weighted by atomic mass is 10.3. The lowest BCUT2D eigenvalue weighted by Crippen LogP contribution is -2.36. The largest absolute Gasteiger partial charge is 0.462 e. The molecule has 2 rings (SSSR count). The number of ether oxygens (including phenoxy) is 1. The van der Waals surface area contributed by atoms with Gasteiger partial charge in [0.1, 0.15) is 11.4 Å². The number of nitrogens with zero attached hydrogens (tertiary/aromatic N) is 3. The molecule has 28 heavy (non-hydrogen) atoms. The SMILES string of the molecule is CCOC(=O)c1cnn(C)c1NC(=O)CN(C)CC(=O)Nc1cccc(Cl)c1. The monoisotopic (exact) mass is 407 g/mol.